The molecule has 3 rings (SSSR count). The zero-order chi connectivity index (χ0) is 25.4. The summed E-state index contributed by atoms with van der Waals surface area (Å²) in [6.45, 7) is 12.8. The van der Waals surface area contributed by atoms with Crippen LogP contribution in [0, 0.1) is 29.1 Å². The molecule has 0 unspecified atom stereocenters. The van der Waals surface area contributed by atoms with Crippen molar-refractivity contribution in [3.8, 4) is 11.8 Å². The number of rotatable bonds is 11. The second kappa shape index (κ2) is 12.5. The van der Waals surface area contributed by atoms with Crippen LogP contribution in [0.5, 0.6) is 5.75 Å². The number of piperazine rings is 1. The molecule has 2 heterocycles. The van der Waals surface area contributed by atoms with Gasteiger partial charge in [-0.3, -0.25) is 4.79 Å². The second-order valence-electron chi connectivity index (χ2n) is 11.1. The first kappa shape index (κ1) is 27.2. The molecular weight excluding hydrogens is 440 g/mol. The maximum atomic E-state index is 13.5. The van der Waals surface area contributed by atoms with Crippen molar-refractivity contribution >= 4 is 12.2 Å². The van der Waals surface area contributed by atoms with Crippen LogP contribution >= 0.6 is 0 Å². The summed E-state index contributed by atoms with van der Waals surface area (Å²) >= 11 is 0. The molecular formula is C28H42N4O3. The number of aldehydes is 1. The third kappa shape index (κ3) is 7.28. The Hall–Kier alpha value is -2.43. The Labute approximate surface area is 210 Å². The van der Waals surface area contributed by atoms with Gasteiger partial charge in [0.05, 0.1) is 24.3 Å². The molecule has 1 N–H and O–H groups in total. The molecule has 0 saturated carbocycles. The molecule has 1 amide bonds. The predicted molar refractivity (Wildman–Crippen MR) is 137 cm³/mol. The van der Waals surface area contributed by atoms with E-state index in [0.717, 1.165) is 50.9 Å². The number of hydrogen-bond acceptors (Lipinski definition) is 6. The fourth-order valence-electron chi connectivity index (χ4n) is 5.52. The number of carbonyl (C=O) groups excluding carboxylic acids is 2. The van der Waals surface area contributed by atoms with Crippen LogP contribution in [0.25, 0.3) is 0 Å². The highest BCUT2D eigenvalue weighted by Gasteiger charge is 2.45. The molecule has 192 valence electrons. The zero-order valence-corrected chi connectivity index (χ0v) is 21.8. The monoisotopic (exact) mass is 482 g/mol. The third-order valence-electron chi connectivity index (χ3n) is 7.17. The molecule has 7 nitrogen and oxygen atoms in total. The van der Waals surface area contributed by atoms with Gasteiger partial charge in [-0.1, -0.05) is 33.8 Å². The number of amides is 1. The van der Waals surface area contributed by atoms with Crippen molar-refractivity contribution in [1.29, 1.82) is 5.26 Å². The number of benzene rings is 1. The van der Waals surface area contributed by atoms with Gasteiger partial charge in [-0.05, 0) is 74.7 Å². The van der Waals surface area contributed by atoms with Gasteiger partial charge < -0.3 is 24.6 Å². The molecule has 0 aromatic heterocycles. The lowest BCUT2D eigenvalue weighted by Gasteiger charge is -2.48. The van der Waals surface area contributed by atoms with Crippen LogP contribution in [0.4, 0.5) is 0 Å². The van der Waals surface area contributed by atoms with Crippen molar-refractivity contribution < 1.29 is 14.3 Å². The molecule has 0 aliphatic carbocycles. The van der Waals surface area contributed by atoms with Gasteiger partial charge in [-0.15, -0.1) is 0 Å². The van der Waals surface area contributed by atoms with Crippen molar-refractivity contribution in [2.75, 3.05) is 39.3 Å². The maximum Gasteiger partial charge on any atom is 0.240 e. The van der Waals surface area contributed by atoms with Crippen molar-refractivity contribution in [3.05, 3.63) is 29.8 Å². The Bertz CT molecular complexity index is 888. The first-order valence-corrected chi connectivity index (χ1v) is 13.1. The Morgan fingerprint density at radius 2 is 1.94 bits per heavy atom. The molecule has 1 aromatic carbocycles. The Balaban J connectivity index is 1.62. The Kier molecular flexibility index (Phi) is 9.71. The van der Waals surface area contributed by atoms with E-state index < -0.39 is 5.54 Å². The molecule has 2 aliphatic rings. The number of piperidine rings is 1. The van der Waals surface area contributed by atoms with Crippen molar-refractivity contribution in [2.24, 2.45) is 17.8 Å². The van der Waals surface area contributed by atoms with Crippen LogP contribution in [0.3, 0.4) is 0 Å². The molecule has 0 bridgehead atoms. The normalized spacial score (nSPS) is 21.7. The summed E-state index contributed by atoms with van der Waals surface area (Å²) < 4.78 is 5.96. The van der Waals surface area contributed by atoms with E-state index in [4.69, 9.17) is 10.00 Å². The second-order valence-corrected chi connectivity index (χ2v) is 11.1. The van der Waals surface area contributed by atoms with Gasteiger partial charge in [0.1, 0.15) is 17.6 Å². The average Bonchev–Trinajstić information content (AvgIpc) is 2.84. The Morgan fingerprint density at radius 1 is 1.20 bits per heavy atom. The van der Waals surface area contributed by atoms with Crippen LogP contribution in [-0.4, -0.2) is 72.9 Å². The van der Waals surface area contributed by atoms with Gasteiger partial charge in [0.15, 0.2) is 0 Å². The van der Waals surface area contributed by atoms with Gasteiger partial charge >= 0.3 is 0 Å². The summed E-state index contributed by atoms with van der Waals surface area (Å²) in [7, 11) is 0. The summed E-state index contributed by atoms with van der Waals surface area (Å²) in [5.74, 6) is 1.96. The van der Waals surface area contributed by atoms with Gasteiger partial charge in [0.25, 0.3) is 0 Å². The van der Waals surface area contributed by atoms with E-state index in [2.05, 4.69) is 44.0 Å². The van der Waals surface area contributed by atoms with E-state index >= 15 is 0 Å². The highest BCUT2D eigenvalue weighted by molar-refractivity contribution is 5.87. The van der Waals surface area contributed by atoms with Crippen LogP contribution in [0.15, 0.2) is 24.3 Å². The number of nitrogens with one attached hydrogen (secondary N) is 1. The highest BCUT2D eigenvalue weighted by Crippen LogP contribution is 2.29. The van der Waals surface area contributed by atoms with Crippen LogP contribution < -0.4 is 10.1 Å². The number of hydrogen-bond donors (Lipinski definition) is 1. The first-order chi connectivity index (χ1) is 16.8. The summed E-state index contributed by atoms with van der Waals surface area (Å²) in [5.41, 5.74) is -0.185. The quantitative estimate of drug-likeness (QED) is 0.486. The number of carbonyl (C=O) groups is 2. The minimum absolute atomic E-state index is 0.0700. The number of ether oxygens (including phenoxy) is 1. The van der Waals surface area contributed by atoms with Crippen LogP contribution in [-0.2, 0) is 9.59 Å². The van der Waals surface area contributed by atoms with E-state index in [0.29, 0.717) is 49.4 Å². The fraction of sp³-hybridized carbons (Fsp3) is 0.679. The lowest BCUT2D eigenvalue weighted by Crippen LogP contribution is -2.67. The van der Waals surface area contributed by atoms with E-state index in [1.54, 1.807) is 12.1 Å². The highest BCUT2D eigenvalue weighted by atomic mass is 16.5. The van der Waals surface area contributed by atoms with E-state index in [-0.39, 0.29) is 11.9 Å². The third-order valence-corrected chi connectivity index (χ3v) is 7.17. The van der Waals surface area contributed by atoms with Crippen LogP contribution in [0.2, 0.25) is 0 Å². The Morgan fingerprint density at radius 3 is 2.57 bits per heavy atom. The molecule has 2 saturated heterocycles. The predicted octanol–water partition coefficient (Wildman–Crippen LogP) is 3.48. The lowest BCUT2D eigenvalue weighted by molar-refractivity contribution is -0.149. The molecule has 0 radical (unpaired) electrons. The first-order valence-electron chi connectivity index (χ1n) is 13.1. The maximum absolute atomic E-state index is 13.5. The van der Waals surface area contributed by atoms with Gasteiger partial charge in [-0.2, -0.15) is 5.26 Å². The van der Waals surface area contributed by atoms with Crippen molar-refractivity contribution in [1.82, 2.24) is 15.1 Å². The van der Waals surface area contributed by atoms with Gasteiger partial charge in [0.2, 0.25) is 5.91 Å². The topological polar surface area (TPSA) is 85.7 Å². The summed E-state index contributed by atoms with van der Waals surface area (Å²) in [4.78, 5) is 30.4. The molecule has 2 aliphatic heterocycles. The molecule has 35 heavy (non-hydrogen) atoms. The summed E-state index contributed by atoms with van der Waals surface area (Å²) in [5, 5.41) is 12.4. The minimum Gasteiger partial charge on any atom is -0.493 e. The van der Waals surface area contributed by atoms with E-state index in [1.807, 2.05) is 17.0 Å². The number of nitrogens with zero attached hydrogens (tertiary/aromatic N) is 3. The molecule has 2 fully saturated rings. The lowest BCUT2D eigenvalue weighted by atomic mass is 9.85. The SMILES string of the molecule is CC(C)C[C@@H]1NCCN([C@](C=O)(CC(C)C)CN2CCC(COc3cccc(C#N)c3)CC2)C1=O. The minimum atomic E-state index is -0.788. The van der Waals surface area contributed by atoms with Gasteiger partial charge in [-0.25, -0.2) is 0 Å². The van der Waals surface area contributed by atoms with Crippen molar-refractivity contribution in [2.45, 2.75) is 65.0 Å². The molecule has 7 heteroatoms. The largest absolute Gasteiger partial charge is 0.493 e. The molecule has 2 atom stereocenters. The fourth-order valence-corrected chi connectivity index (χ4v) is 5.52. The van der Waals surface area contributed by atoms with Crippen molar-refractivity contribution in [3.63, 3.8) is 0 Å². The summed E-state index contributed by atoms with van der Waals surface area (Å²) in [6, 6.07) is 9.21. The average molecular weight is 483 g/mol. The number of likely N-dealkylation sites (tertiary alicyclic amines) is 1. The molecule has 1 aromatic rings. The zero-order valence-electron chi connectivity index (χ0n) is 21.8. The molecule has 0 spiro atoms. The van der Waals surface area contributed by atoms with E-state index in [9.17, 15) is 9.59 Å². The van der Waals surface area contributed by atoms with E-state index in [1.165, 1.54) is 0 Å². The van der Waals surface area contributed by atoms with Crippen LogP contribution in [0.1, 0.15) is 58.9 Å². The smallest absolute Gasteiger partial charge is 0.240 e. The number of nitriles is 1. The van der Waals surface area contributed by atoms with Gasteiger partial charge in [0, 0.05) is 19.6 Å². The summed E-state index contributed by atoms with van der Waals surface area (Å²) in [6.07, 6.45) is 4.49. The standard InChI is InChI=1S/C28H42N4O3/c1-21(2)14-26-27(34)32(13-10-30-26)28(20-33,16-22(3)4)19-31-11-8-23(9-12-31)18-35-25-7-5-6-24(15-25)17-29/h5-7,15,20-23,26,30H,8-14,16,18-19H2,1-4H3/t26-,28+/m0/s1.